The van der Waals surface area contributed by atoms with E-state index in [0.717, 1.165) is 5.56 Å². The number of benzene rings is 2. The van der Waals surface area contributed by atoms with Gasteiger partial charge in [0.1, 0.15) is 12.4 Å². The van der Waals surface area contributed by atoms with Gasteiger partial charge >= 0.3 is 0 Å². The first-order chi connectivity index (χ1) is 11.6. The Morgan fingerprint density at radius 1 is 1.29 bits per heavy atom. The number of carbonyl (C=O) groups is 2. The fraction of sp³-hybridized carbons (Fsp3) is 0.150. The Balaban J connectivity index is 1.82. The van der Waals surface area contributed by atoms with Crippen LogP contribution in [0.15, 0.2) is 55.1 Å². The fourth-order valence-corrected chi connectivity index (χ4v) is 2.85. The van der Waals surface area contributed by atoms with Crippen LogP contribution < -0.4 is 4.74 Å². The van der Waals surface area contributed by atoms with E-state index in [9.17, 15) is 9.59 Å². The van der Waals surface area contributed by atoms with Crippen LogP contribution in [-0.4, -0.2) is 18.2 Å². The highest BCUT2D eigenvalue weighted by Gasteiger charge is 2.36. The molecule has 4 heteroatoms. The summed E-state index contributed by atoms with van der Waals surface area (Å²) >= 11 is 0. The van der Waals surface area contributed by atoms with Gasteiger partial charge in [-0.05, 0) is 42.3 Å². The molecule has 1 unspecified atom stereocenters. The summed E-state index contributed by atoms with van der Waals surface area (Å²) in [4.78, 5) is 25.2. The Morgan fingerprint density at radius 3 is 2.71 bits per heavy atom. The van der Waals surface area contributed by atoms with E-state index < -0.39 is 5.92 Å². The molecule has 0 spiro atoms. The van der Waals surface area contributed by atoms with Crippen LogP contribution in [0.1, 0.15) is 31.8 Å². The topological polar surface area (TPSA) is 67.2 Å². The number of ether oxygens (including phenoxy) is 1. The second-order valence-corrected chi connectivity index (χ2v) is 5.59. The van der Waals surface area contributed by atoms with Crippen molar-refractivity contribution in [2.75, 3.05) is 6.61 Å². The third-order valence-electron chi connectivity index (χ3n) is 4.07. The zero-order valence-electron chi connectivity index (χ0n) is 13.0. The molecule has 1 atom stereocenters. The minimum atomic E-state index is -0.706. The standard InChI is InChI=1S/C20H15NO3/c1-2-9-24-16-7-8-17-15(10-16)11-18(20(17)23)19(22)14-5-3-13(12-21)4-6-14/h2-8,10,18H,1,9,11H2. The molecule has 0 heterocycles. The van der Waals surface area contributed by atoms with Crippen molar-refractivity contribution in [2.45, 2.75) is 6.42 Å². The van der Waals surface area contributed by atoms with Crippen LogP contribution in [0, 0.1) is 17.2 Å². The molecule has 0 fully saturated rings. The molecule has 2 aromatic rings. The molecule has 1 aliphatic carbocycles. The quantitative estimate of drug-likeness (QED) is 0.482. The van der Waals surface area contributed by atoms with Crippen molar-refractivity contribution in [3.63, 3.8) is 0 Å². The lowest BCUT2D eigenvalue weighted by Gasteiger charge is -2.06. The van der Waals surface area contributed by atoms with E-state index in [1.54, 1.807) is 42.5 Å². The van der Waals surface area contributed by atoms with Gasteiger partial charge in [-0.1, -0.05) is 24.8 Å². The monoisotopic (exact) mass is 317 g/mol. The summed E-state index contributed by atoms with van der Waals surface area (Å²) in [5.74, 6) is -0.417. The largest absolute Gasteiger partial charge is 0.490 e. The summed E-state index contributed by atoms with van der Waals surface area (Å²) in [5.41, 5.74) is 2.33. The summed E-state index contributed by atoms with van der Waals surface area (Å²) in [6, 6.07) is 13.6. The van der Waals surface area contributed by atoms with Gasteiger partial charge in [0.15, 0.2) is 11.6 Å². The Bertz CT molecular complexity index is 859. The molecule has 118 valence electrons. The van der Waals surface area contributed by atoms with E-state index >= 15 is 0 Å². The van der Waals surface area contributed by atoms with Gasteiger partial charge in [-0.25, -0.2) is 0 Å². The van der Waals surface area contributed by atoms with Crippen molar-refractivity contribution in [3.8, 4) is 11.8 Å². The average Bonchev–Trinajstić information content (AvgIpc) is 2.95. The number of carbonyl (C=O) groups excluding carboxylic acids is 2. The first-order valence-corrected chi connectivity index (χ1v) is 7.59. The Kier molecular flexibility index (Phi) is 4.26. The van der Waals surface area contributed by atoms with Crippen LogP contribution >= 0.6 is 0 Å². The molecule has 0 saturated heterocycles. The molecule has 4 nitrogen and oxygen atoms in total. The van der Waals surface area contributed by atoms with Gasteiger partial charge in [0.05, 0.1) is 17.6 Å². The highest BCUT2D eigenvalue weighted by molar-refractivity contribution is 6.18. The molecule has 2 aromatic carbocycles. The van der Waals surface area contributed by atoms with E-state index in [4.69, 9.17) is 10.00 Å². The van der Waals surface area contributed by atoms with Crippen LogP contribution in [0.2, 0.25) is 0 Å². The number of hydrogen-bond acceptors (Lipinski definition) is 4. The third kappa shape index (κ3) is 2.84. The predicted molar refractivity (Wildman–Crippen MR) is 89.1 cm³/mol. The smallest absolute Gasteiger partial charge is 0.174 e. The molecule has 0 aliphatic heterocycles. The first kappa shape index (κ1) is 15.7. The van der Waals surface area contributed by atoms with Gasteiger partial charge in [-0.3, -0.25) is 9.59 Å². The third-order valence-corrected chi connectivity index (χ3v) is 4.07. The summed E-state index contributed by atoms with van der Waals surface area (Å²) < 4.78 is 5.48. The van der Waals surface area contributed by atoms with E-state index in [0.29, 0.717) is 35.5 Å². The molecular formula is C20H15NO3. The highest BCUT2D eigenvalue weighted by Crippen LogP contribution is 2.32. The molecule has 0 amide bonds. The van der Waals surface area contributed by atoms with E-state index in [1.807, 2.05) is 12.1 Å². The number of nitriles is 1. The van der Waals surface area contributed by atoms with Gasteiger partial charge in [0.2, 0.25) is 0 Å². The molecule has 0 aromatic heterocycles. The summed E-state index contributed by atoms with van der Waals surface area (Å²) in [6.07, 6.45) is 2.02. The van der Waals surface area contributed by atoms with Gasteiger partial charge in [0, 0.05) is 11.1 Å². The molecule has 24 heavy (non-hydrogen) atoms. The molecule has 3 rings (SSSR count). The fourth-order valence-electron chi connectivity index (χ4n) is 2.85. The molecule has 0 bridgehead atoms. The maximum Gasteiger partial charge on any atom is 0.174 e. The van der Waals surface area contributed by atoms with E-state index in [2.05, 4.69) is 6.58 Å². The lowest BCUT2D eigenvalue weighted by atomic mass is 9.94. The van der Waals surface area contributed by atoms with Crippen LogP contribution in [0.25, 0.3) is 0 Å². The van der Waals surface area contributed by atoms with Gasteiger partial charge < -0.3 is 4.74 Å². The van der Waals surface area contributed by atoms with Gasteiger partial charge in [-0.2, -0.15) is 5.26 Å². The van der Waals surface area contributed by atoms with Crippen LogP contribution in [0.5, 0.6) is 5.75 Å². The normalized spacial score (nSPS) is 15.5. The van der Waals surface area contributed by atoms with Crippen LogP contribution in [0.4, 0.5) is 0 Å². The average molecular weight is 317 g/mol. The van der Waals surface area contributed by atoms with Crippen molar-refractivity contribution in [3.05, 3.63) is 77.4 Å². The zero-order chi connectivity index (χ0) is 17.1. The number of Topliss-reactive ketones (excluding diaryl/α,β-unsaturated/α-hetero) is 2. The minimum absolute atomic E-state index is 0.158. The number of hydrogen-bond donors (Lipinski definition) is 0. The lowest BCUT2D eigenvalue weighted by Crippen LogP contribution is -2.20. The van der Waals surface area contributed by atoms with Crippen LogP contribution in [0.3, 0.4) is 0 Å². The highest BCUT2D eigenvalue weighted by atomic mass is 16.5. The zero-order valence-corrected chi connectivity index (χ0v) is 13.0. The van der Waals surface area contributed by atoms with Gasteiger partial charge in [-0.15, -0.1) is 0 Å². The molecular weight excluding hydrogens is 302 g/mol. The Labute approximate surface area is 140 Å². The van der Waals surface area contributed by atoms with Gasteiger partial charge in [0.25, 0.3) is 0 Å². The maximum absolute atomic E-state index is 12.6. The molecule has 0 radical (unpaired) electrons. The second-order valence-electron chi connectivity index (χ2n) is 5.59. The van der Waals surface area contributed by atoms with Crippen molar-refractivity contribution in [1.29, 1.82) is 5.26 Å². The summed E-state index contributed by atoms with van der Waals surface area (Å²) in [7, 11) is 0. The van der Waals surface area contributed by atoms with E-state index in [1.165, 1.54) is 0 Å². The van der Waals surface area contributed by atoms with Crippen molar-refractivity contribution >= 4 is 11.6 Å². The number of ketones is 2. The second kappa shape index (κ2) is 6.51. The summed E-state index contributed by atoms with van der Waals surface area (Å²) in [6.45, 7) is 3.99. The maximum atomic E-state index is 12.6. The molecule has 0 saturated carbocycles. The SMILES string of the molecule is C=CCOc1ccc2c(c1)CC(C(=O)c1ccc(C#N)cc1)C2=O. The first-order valence-electron chi connectivity index (χ1n) is 7.59. The van der Waals surface area contributed by atoms with E-state index in [-0.39, 0.29) is 11.6 Å². The number of fused-ring (bicyclic) bond motifs is 1. The minimum Gasteiger partial charge on any atom is -0.490 e. The number of nitrogens with zero attached hydrogens (tertiary/aromatic N) is 1. The van der Waals surface area contributed by atoms with Crippen molar-refractivity contribution in [1.82, 2.24) is 0 Å². The molecule has 1 aliphatic rings. The Morgan fingerprint density at radius 2 is 2.04 bits per heavy atom. The summed E-state index contributed by atoms with van der Waals surface area (Å²) in [5, 5.41) is 8.82. The number of rotatable bonds is 5. The lowest BCUT2D eigenvalue weighted by molar-refractivity contribution is 0.0822. The molecule has 0 N–H and O–H groups in total. The van der Waals surface area contributed by atoms with Crippen molar-refractivity contribution in [2.24, 2.45) is 5.92 Å². The van der Waals surface area contributed by atoms with Crippen molar-refractivity contribution < 1.29 is 14.3 Å². The van der Waals surface area contributed by atoms with Crippen LogP contribution in [-0.2, 0) is 6.42 Å². The predicted octanol–water partition coefficient (Wildman–Crippen LogP) is 3.36. The Hall–Kier alpha value is -3.19.